The fraction of sp³-hybridized carbons (Fsp3) is 0.500. The largest absolute Gasteiger partial charge is 0.328 e. The molecular weight excluding hydrogens is 345 g/mol. The summed E-state index contributed by atoms with van der Waals surface area (Å²) in [5.74, 6) is 0.362. The van der Waals surface area contributed by atoms with Crippen LogP contribution in [0, 0.1) is 17.2 Å². The van der Waals surface area contributed by atoms with Crippen LogP contribution >= 0.6 is 24.0 Å². The number of sulfonamides is 1. The van der Waals surface area contributed by atoms with Crippen LogP contribution in [0.25, 0.3) is 0 Å². The molecule has 1 aromatic carbocycles. The lowest BCUT2D eigenvalue weighted by atomic mass is 9.92. The van der Waals surface area contributed by atoms with Gasteiger partial charge in [-0.15, -0.1) is 12.4 Å². The van der Waals surface area contributed by atoms with Gasteiger partial charge in [0.05, 0.1) is 15.5 Å². The summed E-state index contributed by atoms with van der Waals surface area (Å²) >= 11 is 5.92. The number of nitriles is 1. The van der Waals surface area contributed by atoms with Gasteiger partial charge in [-0.2, -0.15) is 9.57 Å². The summed E-state index contributed by atoms with van der Waals surface area (Å²) in [7, 11) is -3.56. The van der Waals surface area contributed by atoms with Crippen molar-refractivity contribution < 1.29 is 8.42 Å². The monoisotopic (exact) mass is 363 g/mol. The van der Waals surface area contributed by atoms with Crippen molar-refractivity contribution in [3.05, 3.63) is 28.8 Å². The van der Waals surface area contributed by atoms with Gasteiger partial charge >= 0.3 is 0 Å². The van der Waals surface area contributed by atoms with Crippen LogP contribution in [0.4, 0.5) is 0 Å². The molecule has 1 saturated heterocycles. The van der Waals surface area contributed by atoms with Gasteiger partial charge in [-0.1, -0.05) is 11.6 Å². The Labute approximate surface area is 142 Å². The topological polar surface area (TPSA) is 87.2 Å². The van der Waals surface area contributed by atoms with E-state index in [9.17, 15) is 8.42 Å². The number of hydrogen-bond donors (Lipinski definition) is 1. The van der Waals surface area contributed by atoms with Gasteiger partial charge in [0, 0.05) is 19.1 Å². The van der Waals surface area contributed by atoms with E-state index >= 15 is 0 Å². The Kier molecular flexibility index (Phi) is 6.65. The SMILES string of the molecule is CC(N)C1CCN(S(=O)(=O)c2ccc(C#N)c(Cl)c2)CC1.Cl. The number of halogens is 2. The Morgan fingerprint density at radius 2 is 2.00 bits per heavy atom. The molecule has 1 heterocycles. The molecule has 1 unspecified atom stereocenters. The predicted molar refractivity (Wildman–Crippen MR) is 88.5 cm³/mol. The maximum absolute atomic E-state index is 12.6. The third kappa shape index (κ3) is 3.92. The lowest BCUT2D eigenvalue weighted by molar-refractivity contribution is 0.250. The van der Waals surface area contributed by atoms with E-state index in [0.29, 0.717) is 19.0 Å². The molecule has 0 aromatic heterocycles. The third-order valence-corrected chi connectivity index (χ3v) is 6.15. The molecule has 122 valence electrons. The lowest BCUT2D eigenvalue weighted by Crippen LogP contribution is -2.42. The van der Waals surface area contributed by atoms with Crippen LogP contribution in [-0.2, 0) is 10.0 Å². The summed E-state index contributed by atoms with van der Waals surface area (Å²) in [4.78, 5) is 0.130. The van der Waals surface area contributed by atoms with Crippen LogP contribution < -0.4 is 5.73 Å². The standard InChI is InChI=1S/C14H18ClN3O2S.ClH/c1-10(17)11-4-6-18(7-5-11)21(19,20)13-3-2-12(9-16)14(15)8-13;/h2-3,8,10-11H,4-7,17H2,1H3;1H. The molecule has 0 radical (unpaired) electrons. The lowest BCUT2D eigenvalue weighted by Gasteiger charge is -2.32. The number of rotatable bonds is 3. The minimum absolute atomic E-state index is 0. The Balaban J connectivity index is 0.00000242. The molecule has 2 rings (SSSR count). The van der Waals surface area contributed by atoms with Crippen molar-refractivity contribution in [1.82, 2.24) is 4.31 Å². The first-order valence-electron chi connectivity index (χ1n) is 6.81. The van der Waals surface area contributed by atoms with Crippen molar-refractivity contribution in [2.24, 2.45) is 11.7 Å². The van der Waals surface area contributed by atoms with E-state index in [4.69, 9.17) is 22.6 Å². The quantitative estimate of drug-likeness (QED) is 0.892. The van der Waals surface area contributed by atoms with Crippen molar-refractivity contribution in [2.45, 2.75) is 30.7 Å². The molecule has 5 nitrogen and oxygen atoms in total. The van der Waals surface area contributed by atoms with Gasteiger partial charge in [0.25, 0.3) is 0 Å². The minimum atomic E-state index is -3.56. The zero-order valence-corrected chi connectivity index (χ0v) is 14.6. The van der Waals surface area contributed by atoms with E-state index in [-0.39, 0.29) is 33.9 Å². The van der Waals surface area contributed by atoms with Gasteiger partial charge in [0.2, 0.25) is 10.0 Å². The van der Waals surface area contributed by atoms with Gasteiger partial charge in [-0.3, -0.25) is 0 Å². The summed E-state index contributed by atoms with van der Waals surface area (Å²) in [6.07, 6.45) is 1.53. The minimum Gasteiger partial charge on any atom is -0.328 e. The van der Waals surface area contributed by atoms with Crippen LogP contribution in [-0.4, -0.2) is 31.9 Å². The molecule has 8 heteroatoms. The number of benzene rings is 1. The summed E-state index contributed by atoms with van der Waals surface area (Å²) < 4.78 is 26.6. The molecule has 1 atom stereocenters. The van der Waals surface area contributed by atoms with Crippen molar-refractivity contribution in [3.63, 3.8) is 0 Å². The first-order valence-corrected chi connectivity index (χ1v) is 8.63. The fourth-order valence-corrected chi connectivity index (χ4v) is 4.32. The Bertz CT molecular complexity index is 663. The van der Waals surface area contributed by atoms with E-state index in [0.717, 1.165) is 12.8 Å². The van der Waals surface area contributed by atoms with Gasteiger partial charge in [0.15, 0.2) is 0 Å². The molecule has 0 spiro atoms. The van der Waals surface area contributed by atoms with Crippen molar-refractivity contribution in [2.75, 3.05) is 13.1 Å². The Morgan fingerprint density at radius 3 is 2.45 bits per heavy atom. The van der Waals surface area contributed by atoms with Gasteiger partial charge < -0.3 is 5.73 Å². The second-order valence-corrected chi connectivity index (χ2v) is 7.70. The molecular formula is C14H19Cl2N3O2S. The summed E-state index contributed by atoms with van der Waals surface area (Å²) in [5.41, 5.74) is 6.14. The highest BCUT2D eigenvalue weighted by molar-refractivity contribution is 7.89. The predicted octanol–water partition coefficient (Wildman–Crippen LogP) is 2.38. The normalized spacial score (nSPS) is 18.3. The summed E-state index contributed by atoms with van der Waals surface area (Å²) in [5, 5.41) is 8.99. The zero-order chi connectivity index (χ0) is 15.6. The van der Waals surface area contributed by atoms with E-state index in [1.165, 1.54) is 22.5 Å². The fourth-order valence-electron chi connectivity index (χ4n) is 2.54. The van der Waals surface area contributed by atoms with E-state index in [1.54, 1.807) is 0 Å². The molecule has 0 aliphatic carbocycles. The van der Waals surface area contributed by atoms with Gasteiger partial charge in [0.1, 0.15) is 6.07 Å². The molecule has 0 bridgehead atoms. The first kappa shape index (κ1) is 19.2. The highest BCUT2D eigenvalue weighted by atomic mass is 35.5. The van der Waals surface area contributed by atoms with E-state index in [2.05, 4.69) is 0 Å². The molecule has 0 saturated carbocycles. The highest BCUT2D eigenvalue weighted by Gasteiger charge is 2.30. The van der Waals surface area contributed by atoms with E-state index < -0.39 is 10.0 Å². The second kappa shape index (κ2) is 7.62. The Morgan fingerprint density at radius 1 is 1.41 bits per heavy atom. The molecule has 1 aliphatic rings. The first-order chi connectivity index (χ1) is 9.86. The average Bonchev–Trinajstić information content (AvgIpc) is 2.47. The molecule has 1 fully saturated rings. The van der Waals surface area contributed by atoms with Crippen LogP contribution in [0.5, 0.6) is 0 Å². The van der Waals surface area contributed by atoms with Crippen LogP contribution in [0.1, 0.15) is 25.3 Å². The average molecular weight is 364 g/mol. The molecule has 1 aliphatic heterocycles. The maximum Gasteiger partial charge on any atom is 0.243 e. The maximum atomic E-state index is 12.6. The van der Waals surface area contributed by atoms with Crippen molar-refractivity contribution in [1.29, 1.82) is 5.26 Å². The van der Waals surface area contributed by atoms with Crippen LogP contribution in [0.2, 0.25) is 5.02 Å². The Hall–Kier alpha value is -0.840. The van der Waals surface area contributed by atoms with Crippen LogP contribution in [0.15, 0.2) is 23.1 Å². The van der Waals surface area contributed by atoms with Crippen molar-refractivity contribution in [3.8, 4) is 6.07 Å². The zero-order valence-electron chi connectivity index (χ0n) is 12.2. The third-order valence-electron chi connectivity index (χ3n) is 3.94. The smallest absolute Gasteiger partial charge is 0.243 e. The van der Waals surface area contributed by atoms with Crippen LogP contribution in [0.3, 0.4) is 0 Å². The number of nitrogens with two attached hydrogens (primary N) is 1. The molecule has 22 heavy (non-hydrogen) atoms. The second-order valence-electron chi connectivity index (χ2n) is 5.35. The number of piperidine rings is 1. The van der Waals surface area contributed by atoms with Crippen molar-refractivity contribution >= 4 is 34.0 Å². The summed E-state index contributed by atoms with van der Waals surface area (Å²) in [6, 6.07) is 6.20. The highest BCUT2D eigenvalue weighted by Crippen LogP contribution is 2.27. The van der Waals surface area contributed by atoms with Gasteiger partial charge in [-0.25, -0.2) is 8.42 Å². The van der Waals surface area contributed by atoms with Gasteiger partial charge in [-0.05, 0) is 43.9 Å². The summed E-state index contributed by atoms with van der Waals surface area (Å²) in [6.45, 7) is 2.88. The molecule has 0 amide bonds. The number of hydrogen-bond acceptors (Lipinski definition) is 4. The van der Waals surface area contributed by atoms with E-state index in [1.807, 2.05) is 13.0 Å². The molecule has 2 N–H and O–H groups in total. The number of nitrogens with zero attached hydrogens (tertiary/aromatic N) is 2. The molecule has 1 aromatic rings.